The lowest BCUT2D eigenvalue weighted by Gasteiger charge is -2.30. The molecular formula is C16H23N3O2. The van der Waals surface area contributed by atoms with Gasteiger partial charge in [0, 0.05) is 18.1 Å². The van der Waals surface area contributed by atoms with Gasteiger partial charge in [0.2, 0.25) is 0 Å². The van der Waals surface area contributed by atoms with Crippen LogP contribution in [-0.4, -0.2) is 24.6 Å². The molecule has 4 N–H and O–H groups in total. The lowest BCUT2D eigenvalue weighted by atomic mass is 9.91. The van der Waals surface area contributed by atoms with E-state index in [1.165, 1.54) is 0 Å². The number of nitrogens with one attached hydrogen (secondary N) is 2. The number of carbonyl (C=O) groups excluding carboxylic acids is 1. The molecule has 0 aromatic heterocycles. The van der Waals surface area contributed by atoms with E-state index in [1.807, 2.05) is 12.1 Å². The molecule has 0 bridgehead atoms. The SMILES string of the molecule is CC(NC1CCC(N)CC1)c1ccc2c(c1)NC(=O)CO2. The van der Waals surface area contributed by atoms with Gasteiger partial charge in [0.1, 0.15) is 5.75 Å². The summed E-state index contributed by atoms with van der Waals surface area (Å²) in [7, 11) is 0. The minimum Gasteiger partial charge on any atom is -0.482 e. The second-order valence-electron chi connectivity index (χ2n) is 6.09. The number of carbonyl (C=O) groups is 1. The molecule has 1 aromatic rings. The molecule has 1 atom stereocenters. The van der Waals surface area contributed by atoms with E-state index in [4.69, 9.17) is 10.5 Å². The molecule has 0 saturated heterocycles. The Morgan fingerprint density at radius 3 is 2.86 bits per heavy atom. The Morgan fingerprint density at radius 2 is 2.10 bits per heavy atom. The van der Waals surface area contributed by atoms with Crippen LogP contribution in [0.3, 0.4) is 0 Å². The van der Waals surface area contributed by atoms with Gasteiger partial charge in [0.05, 0.1) is 5.69 Å². The Morgan fingerprint density at radius 1 is 1.33 bits per heavy atom. The molecule has 21 heavy (non-hydrogen) atoms. The van der Waals surface area contributed by atoms with Crippen molar-refractivity contribution in [1.82, 2.24) is 5.32 Å². The molecule has 5 nitrogen and oxygen atoms in total. The highest BCUT2D eigenvalue weighted by Crippen LogP contribution is 2.31. The van der Waals surface area contributed by atoms with Crippen LogP contribution in [0.15, 0.2) is 18.2 Å². The van der Waals surface area contributed by atoms with Gasteiger partial charge in [0.15, 0.2) is 6.61 Å². The van der Waals surface area contributed by atoms with Crippen LogP contribution in [0.2, 0.25) is 0 Å². The Balaban J connectivity index is 1.66. The van der Waals surface area contributed by atoms with Crippen LogP contribution < -0.4 is 21.1 Å². The third-order valence-corrected chi connectivity index (χ3v) is 4.39. The van der Waals surface area contributed by atoms with Crippen LogP contribution in [0.4, 0.5) is 5.69 Å². The van der Waals surface area contributed by atoms with Gasteiger partial charge in [-0.1, -0.05) is 6.07 Å². The molecule has 1 aromatic carbocycles. The summed E-state index contributed by atoms with van der Waals surface area (Å²) in [5.41, 5.74) is 7.87. The summed E-state index contributed by atoms with van der Waals surface area (Å²) in [6.07, 6.45) is 4.46. The fourth-order valence-corrected chi connectivity index (χ4v) is 3.11. The van der Waals surface area contributed by atoms with Crippen molar-refractivity contribution in [2.75, 3.05) is 11.9 Å². The van der Waals surface area contributed by atoms with E-state index >= 15 is 0 Å². The lowest BCUT2D eigenvalue weighted by molar-refractivity contribution is -0.118. The topological polar surface area (TPSA) is 76.4 Å². The Bertz CT molecular complexity index is 524. The van der Waals surface area contributed by atoms with Gasteiger partial charge in [0.25, 0.3) is 5.91 Å². The van der Waals surface area contributed by atoms with Crippen molar-refractivity contribution < 1.29 is 9.53 Å². The molecule has 3 rings (SSSR count). The second-order valence-corrected chi connectivity index (χ2v) is 6.09. The lowest BCUT2D eigenvalue weighted by Crippen LogP contribution is -2.38. The number of hydrogen-bond donors (Lipinski definition) is 3. The van der Waals surface area contributed by atoms with Gasteiger partial charge in [-0.15, -0.1) is 0 Å². The number of benzene rings is 1. The van der Waals surface area contributed by atoms with Gasteiger partial charge >= 0.3 is 0 Å². The number of fused-ring (bicyclic) bond motifs is 1. The standard InChI is InChI=1S/C16H23N3O2/c1-10(18-13-5-3-12(17)4-6-13)11-2-7-15-14(8-11)19-16(20)9-21-15/h2,7-8,10,12-13,18H,3-6,9,17H2,1H3,(H,19,20). The molecule has 1 aliphatic heterocycles. The van der Waals surface area contributed by atoms with Crippen molar-refractivity contribution in [3.8, 4) is 5.75 Å². The minimum absolute atomic E-state index is 0.0958. The maximum Gasteiger partial charge on any atom is 0.262 e. The monoisotopic (exact) mass is 289 g/mol. The van der Waals surface area contributed by atoms with Crippen molar-refractivity contribution >= 4 is 11.6 Å². The maximum absolute atomic E-state index is 11.4. The van der Waals surface area contributed by atoms with Crippen LogP contribution in [0.1, 0.15) is 44.2 Å². The maximum atomic E-state index is 11.4. The summed E-state index contributed by atoms with van der Waals surface area (Å²) >= 11 is 0. The normalized spacial score (nSPS) is 26.5. The fourth-order valence-electron chi connectivity index (χ4n) is 3.11. The van der Waals surface area contributed by atoms with Crippen LogP contribution in [-0.2, 0) is 4.79 Å². The molecule has 114 valence electrons. The molecule has 0 radical (unpaired) electrons. The molecular weight excluding hydrogens is 266 g/mol. The highest BCUT2D eigenvalue weighted by Gasteiger charge is 2.21. The van der Waals surface area contributed by atoms with Crippen LogP contribution in [0.25, 0.3) is 0 Å². The van der Waals surface area contributed by atoms with Crippen molar-refractivity contribution in [2.45, 2.75) is 50.7 Å². The average Bonchev–Trinajstić information content (AvgIpc) is 2.48. The fraction of sp³-hybridized carbons (Fsp3) is 0.562. The Labute approximate surface area is 125 Å². The zero-order chi connectivity index (χ0) is 14.8. The van der Waals surface area contributed by atoms with E-state index in [2.05, 4.69) is 23.6 Å². The van der Waals surface area contributed by atoms with Crippen molar-refractivity contribution in [3.63, 3.8) is 0 Å². The smallest absolute Gasteiger partial charge is 0.262 e. The molecule has 5 heteroatoms. The zero-order valence-electron chi connectivity index (χ0n) is 12.4. The number of hydrogen-bond acceptors (Lipinski definition) is 4. The molecule has 1 saturated carbocycles. The van der Waals surface area contributed by atoms with E-state index in [0.29, 0.717) is 12.1 Å². The molecule has 1 heterocycles. The number of nitrogens with two attached hydrogens (primary N) is 1. The van der Waals surface area contributed by atoms with Crippen LogP contribution in [0, 0.1) is 0 Å². The highest BCUT2D eigenvalue weighted by atomic mass is 16.5. The van der Waals surface area contributed by atoms with Gasteiger partial charge in [-0.05, 0) is 50.3 Å². The largest absolute Gasteiger partial charge is 0.482 e. The van der Waals surface area contributed by atoms with Gasteiger partial charge in [-0.2, -0.15) is 0 Å². The van der Waals surface area contributed by atoms with E-state index in [0.717, 1.165) is 42.7 Å². The Kier molecular flexibility index (Phi) is 4.12. The number of amides is 1. The molecule has 2 aliphatic rings. The minimum atomic E-state index is -0.0958. The molecule has 1 amide bonds. The molecule has 0 spiro atoms. The first kappa shape index (κ1) is 14.4. The predicted molar refractivity (Wildman–Crippen MR) is 82.3 cm³/mol. The Hall–Kier alpha value is -1.59. The van der Waals surface area contributed by atoms with Gasteiger partial charge in [-0.3, -0.25) is 4.79 Å². The summed E-state index contributed by atoms with van der Waals surface area (Å²) in [6, 6.07) is 7.13. The van der Waals surface area contributed by atoms with Gasteiger partial charge < -0.3 is 21.1 Å². The first-order valence-corrected chi connectivity index (χ1v) is 7.70. The highest BCUT2D eigenvalue weighted by molar-refractivity contribution is 5.95. The third-order valence-electron chi connectivity index (χ3n) is 4.39. The van der Waals surface area contributed by atoms with Crippen molar-refractivity contribution in [3.05, 3.63) is 23.8 Å². The first-order valence-electron chi connectivity index (χ1n) is 7.70. The number of ether oxygens (including phenoxy) is 1. The molecule has 1 unspecified atom stereocenters. The van der Waals surface area contributed by atoms with Gasteiger partial charge in [-0.25, -0.2) is 0 Å². The summed E-state index contributed by atoms with van der Waals surface area (Å²) in [5.74, 6) is 0.649. The predicted octanol–water partition coefficient (Wildman–Crippen LogP) is 1.94. The first-order chi connectivity index (χ1) is 10.1. The molecule has 1 fully saturated rings. The zero-order valence-corrected chi connectivity index (χ0v) is 12.4. The van der Waals surface area contributed by atoms with Crippen molar-refractivity contribution in [1.29, 1.82) is 0 Å². The third kappa shape index (κ3) is 3.36. The molecule has 1 aliphatic carbocycles. The summed E-state index contributed by atoms with van der Waals surface area (Å²) < 4.78 is 5.39. The second kappa shape index (κ2) is 6.03. The van der Waals surface area contributed by atoms with E-state index in [-0.39, 0.29) is 18.6 Å². The van der Waals surface area contributed by atoms with E-state index in [9.17, 15) is 4.79 Å². The number of anilines is 1. The summed E-state index contributed by atoms with van der Waals surface area (Å²) in [6.45, 7) is 2.25. The summed E-state index contributed by atoms with van der Waals surface area (Å²) in [5, 5.41) is 6.52. The van der Waals surface area contributed by atoms with Crippen LogP contribution in [0.5, 0.6) is 5.75 Å². The quantitative estimate of drug-likeness (QED) is 0.795. The van der Waals surface area contributed by atoms with E-state index in [1.54, 1.807) is 0 Å². The van der Waals surface area contributed by atoms with Crippen LogP contribution >= 0.6 is 0 Å². The van der Waals surface area contributed by atoms with E-state index < -0.39 is 0 Å². The average molecular weight is 289 g/mol. The number of rotatable bonds is 3. The summed E-state index contributed by atoms with van der Waals surface area (Å²) in [4.78, 5) is 11.4. The van der Waals surface area contributed by atoms with Crippen molar-refractivity contribution in [2.24, 2.45) is 5.73 Å².